The Morgan fingerprint density at radius 2 is 2.00 bits per heavy atom. The zero-order chi connectivity index (χ0) is 19.9. The summed E-state index contributed by atoms with van der Waals surface area (Å²) in [4.78, 5) is 11.0. The van der Waals surface area contributed by atoms with Gasteiger partial charge in [-0.25, -0.2) is 4.79 Å². The summed E-state index contributed by atoms with van der Waals surface area (Å²) in [5.41, 5.74) is 0. The molecule has 2 saturated carbocycles. The molecule has 5 nitrogen and oxygen atoms in total. The molecule has 0 radical (unpaired) electrons. The number of unbranched alkanes of at least 4 members (excludes halogenated alkanes) is 2. The molecule has 2 N–H and O–H groups in total. The zero-order valence-corrected chi connectivity index (χ0v) is 17.4. The van der Waals surface area contributed by atoms with Gasteiger partial charge in [0.05, 0.1) is 6.07 Å². The third kappa shape index (κ3) is 5.70. The van der Waals surface area contributed by atoms with Crippen molar-refractivity contribution in [2.75, 3.05) is 6.61 Å². The van der Waals surface area contributed by atoms with Gasteiger partial charge in [-0.2, -0.15) is 5.26 Å². The first-order valence-corrected chi connectivity index (χ1v) is 11.6. The molecular formula is C23H38N2O3. The van der Waals surface area contributed by atoms with E-state index in [1.54, 1.807) is 0 Å². The van der Waals surface area contributed by atoms with E-state index in [1.165, 1.54) is 51.4 Å². The first-order chi connectivity index (χ1) is 13.6. The summed E-state index contributed by atoms with van der Waals surface area (Å²) in [5, 5.41) is 22.1. The Morgan fingerprint density at radius 3 is 2.75 bits per heavy atom. The van der Waals surface area contributed by atoms with Crippen molar-refractivity contribution in [3.05, 3.63) is 0 Å². The Bertz CT molecular complexity index is 546. The molecule has 3 aliphatic rings. The fraction of sp³-hybridized carbons (Fsp3) is 0.913. The zero-order valence-electron chi connectivity index (χ0n) is 17.4. The van der Waals surface area contributed by atoms with Crippen molar-refractivity contribution in [1.82, 2.24) is 5.32 Å². The number of rotatable bonds is 8. The number of nitriles is 1. The molecule has 0 spiro atoms. The van der Waals surface area contributed by atoms with Crippen LogP contribution < -0.4 is 5.32 Å². The Balaban J connectivity index is 1.67. The van der Waals surface area contributed by atoms with E-state index in [-0.39, 0.29) is 18.8 Å². The van der Waals surface area contributed by atoms with Crippen molar-refractivity contribution in [3.63, 3.8) is 0 Å². The highest BCUT2D eigenvalue weighted by Gasteiger charge is 2.45. The van der Waals surface area contributed by atoms with E-state index in [9.17, 15) is 10.1 Å². The summed E-state index contributed by atoms with van der Waals surface area (Å²) >= 11 is 0. The van der Waals surface area contributed by atoms with Crippen LogP contribution in [0, 0.1) is 40.9 Å². The summed E-state index contributed by atoms with van der Waals surface area (Å²) < 4.78 is 5.70. The molecule has 28 heavy (non-hydrogen) atoms. The first kappa shape index (κ1) is 21.6. The molecule has 7 atom stereocenters. The molecule has 0 aromatic heterocycles. The summed E-state index contributed by atoms with van der Waals surface area (Å²) in [6.45, 7) is 2.04. The van der Waals surface area contributed by atoms with E-state index >= 15 is 0 Å². The van der Waals surface area contributed by atoms with Crippen molar-refractivity contribution in [3.8, 4) is 6.07 Å². The number of nitrogens with one attached hydrogen (secondary N) is 1. The number of nitrogens with zero attached hydrogens (tertiary/aromatic N) is 1. The number of piperidine rings is 1. The second-order valence-corrected chi connectivity index (χ2v) is 9.46. The minimum absolute atomic E-state index is 0.151. The maximum atomic E-state index is 11.0. The van der Waals surface area contributed by atoms with Gasteiger partial charge in [-0.1, -0.05) is 45.4 Å². The van der Waals surface area contributed by atoms with Gasteiger partial charge in [0.15, 0.2) is 0 Å². The fourth-order valence-electron chi connectivity index (χ4n) is 6.21. The number of ether oxygens (including phenoxy) is 1. The van der Waals surface area contributed by atoms with Gasteiger partial charge in [0, 0.05) is 12.0 Å². The molecule has 158 valence electrons. The molecule has 0 amide bonds. The quantitative estimate of drug-likeness (QED) is 0.586. The standard InChI is InChI=1S/C23H38N2O3/c1-2-3-4-6-16-9-10-21-20(12-16)19(13-22(25-21)28-15-23(26)27)18-8-5-7-17(11-18)14-24/h16-22,25H,2-13,15H2,1H3,(H,26,27). The Kier molecular flexibility index (Phi) is 8.17. The van der Waals surface area contributed by atoms with Crippen LogP contribution in [-0.2, 0) is 9.53 Å². The summed E-state index contributed by atoms with van der Waals surface area (Å²) in [7, 11) is 0. The van der Waals surface area contributed by atoms with Crippen molar-refractivity contribution in [1.29, 1.82) is 5.26 Å². The topological polar surface area (TPSA) is 82.3 Å². The van der Waals surface area contributed by atoms with E-state index in [0.29, 0.717) is 23.8 Å². The van der Waals surface area contributed by atoms with Crippen LogP contribution in [-0.4, -0.2) is 30.0 Å². The van der Waals surface area contributed by atoms with Gasteiger partial charge in [-0.3, -0.25) is 5.32 Å². The first-order valence-electron chi connectivity index (χ1n) is 11.6. The van der Waals surface area contributed by atoms with Crippen LogP contribution in [0.15, 0.2) is 0 Å². The fourth-order valence-corrected chi connectivity index (χ4v) is 6.21. The predicted octanol–water partition coefficient (Wildman–Crippen LogP) is 4.72. The summed E-state index contributed by atoms with van der Waals surface area (Å²) in [6.07, 6.45) is 14.3. The Labute approximate surface area is 170 Å². The average molecular weight is 391 g/mol. The van der Waals surface area contributed by atoms with E-state index in [2.05, 4.69) is 18.3 Å². The molecule has 0 bridgehead atoms. The largest absolute Gasteiger partial charge is 0.480 e. The molecule has 0 aromatic carbocycles. The van der Waals surface area contributed by atoms with Crippen molar-refractivity contribution in [2.45, 2.75) is 96.2 Å². The van der Waals surface area contributed by atoms with Gasteiger partial charge in [-0.05, 0) is 62.2 Å². The van der Waals surface area contributed by atoms with Gasteiger partial charge in [0.25, 0.3) is 0 Å². The highest BCUT2D eigenvalue weighted by Crippen LogP contribution is 2.47. The number of aliphatic carboxylic acids is 1. The van der Waals surface area contributed by atoms with Crippen LogP contribution in [0.25, 0.3) is 0 Å². The lowest BCUT2D eigenvalue weighted by Gasteiger charge is -2.50. The maximum Gasteiger partial charge on any atom is 0.329 e. The Morgan fingerprint density at radius 1 is 1.14 bits per heavy atom. The molecule has 3 rings (SSSR count). The second kappa shape index (κ2) is 10.6. The monoisotopic (exact) mass is 390 g/mol. The molecule has 7 unspecified atom stereocenters. The lowest BCUT2D eigenvalue weighted by Crippen LogP contribution is -2.56. The molecule has 2 aliphatic carbocycles. The lowest BCUT2D eigenvalue weighted by atomic mass is 9.61. The van der Waals surface area contributed by atoms with Crippen molar-refractivity contribution in [2.24, 2.45) is 29.6 Å². The lowest BCUT2D eigenvalue weighted by molar-refractivity contribution is -0.148. The predicted molar refractivity (Wildman–Crippen MR) is 108 cm³/mol. The number of fused-ring (bicyclic) bond motifs is 1. The molecule has 1 saturated heterocycles. The molecule has 1 aliphatic heterocycles. The number of hydrogen-bond donors (Lipinski definition) is 2. The van der Waals surface area contributed by atoms with Crippen LogP contribution in [0.2, 0.25) is 0 Å². The van der Waals surface area contributed by atoms with Gasteiger partial charge in [-0.15, -0.1) is 0 Å². The SMILES string of the molecule is CCCCCC1CCC2NC(OCC(=O)O)CC(C3CCCC(C#N)C3)C2C1. The van der Waals surface area contributed by atoms with Crippen LogP contribution >= 0.6 is 0 Å². The minimum atomic E-state index is -0.901. The van der Waals surface area contributed by atoms with Crippen molar-refractivity contribution < 1.29 is 14.6 Å². The summed E-state index contributed by atoms with van der Waals surface area (Å²) in [6, 6.07) is 2.96. The van der Waals surface area contributed by atoms with E-state index in [0.717, 1.165) is 31.6 Å². The van der Waals surface area contributed by atoms with Crippen LogP contribution in [0.1, 0.15) is 84.0 Å². The number of hydrogen-bond acceptors (Lipinski definition) is 4. The van der Waals surface area contributed by atoms with E-state index in [1.807, 2.05) is 0 Å². The normalized spacial score (nSPS) is 38.4. The Hall–Kier alpha value is -1.12. The number of carboxylic acids is 1. The minimum Gasteiger partial charge on any atom is -0.480 e. The van der Waals surface area contributed by atoms with Gasteiger partial charge >= 0.3 is 5.97 Å². The van der Waals surface area contributed by atoms with Crippen LogP contribution in [0.4, 0.5) is 0 Å². The molecule has 3 fully saturated rings. The second-order valence-electron chi connectivity index (χ2n) is 9.46. The third-order valence-corrected chi connectivity index (χ3v) is 7.57. The molecule has 5 heteroatoms. The highest BCUT2D eigenvalue weighted by molar-refractivity contribution is 5.68. The summed E-state index contributed by atoms with van der Waals surface area (Å²) in [5.74, 6) is 1.96. The number of carboxylic acid groups (broad SMARTS) is 1. The van der Waals surface area contributed by atoms with Gasteiger partial charge in [0.2, 0.25) is 0 Å². The van der Waals surface area contributed by atoms with Crippen molar-refractivity contribution >= 4 is 5.97 Å². The van der Waals surface area contributed by atoms with Gasteiger partial charge < -0.3 is 9.84 Å². The smallest absolute Gasteiger partial charge is 0.329 e. The van der Waals surface area contributed by atoms with Gasteiger partial charge in [0.1, 0.15) is 12.8 Å². The molecular weight excluding hydrogens is 352 g/mol. The molecule has 0 aromatic rings. The van der Waals surface area contributed by atoms with E-state index < -0.39 is 5.97 Å². The van der Waals surface area contributed by atoms with Crippen LogP contribution in [0.5, 0.6) is 0 Å². The van der Waals surface area contributed by atoms with Crippen LogP contribution in [0.3, 0.4) is 0 Å². The van der Waals surface area contributed by atoms with E-state index in [4.69, 9.17) is 9.84 Å². The average Bonchev–Trinajstić information content (AvgIpc) is 2.72. The maximum absolute atomic E-state index is 11.0. The highest BCUT2D eigenvalue weighted by atomic mass is 16.5. The third-order valence-electron chi connectivity index (χ3n) is 7.57. The molecule has 1 heterocycles. The number of carbonyl (C=O) groups is 1.